The van der Waals surface area contributed by atoms with Crippen molar-refractivity contribution in [2.75, 3.05) is 0 Å². The van der Waals surface area contributed by atoms with E-state index in [1.807, 2.05) is 0 Å². The van der Waals surface area contributed by atoms with Gasteiger partial charge in [0.25, 0.3) is 0 Å². The van der Waals surface area contributed by atoms with E-state index in [9.17, 15) is 0 Å². The molecule has 0 saturated heterocycles. The number of halogens is 2. The molecule has 0 unspecified atom stereocenters. The SMILES string of the molecule is BrCc1ccc(-c2ccc(CBr)c3ccccc23)c2ccccc12. The summed E-state index contributed by atoms with van der Waals surface area (Å²) in [6, 6.07) is 26.3. The van der Waals surface area contributed by atoms with E-state index in [0.29, 0.717) is 0 Å². The zero-order chi connectivity index (χ0) is 16.5. The van der Waals surface area contributed by atoms with E-state index < -0.39 is 0 Å². The lowest BCUT2D eigenvalue weighted by molar-refractivity contribution is 1.47. The predicted molar refractivity (Wildman–Crippen MR) is 112 cm³/mol. The van der Waals surface area contributed by atoms with Crippen molar-refractivity contribution in [1.82, 2.24) is 0 Å². The second-order valence-electron chi connectivity index (χ2n) is 5.90. The van der Waals surface area contributed by atoms with E-state index in [0.717, 1.165) is 10.7 Å². The summed E-state index contributed by atoms with van der Waals surface area (Å²) in [5, 5.41) is 7.01. The van der Waals surface area contributed by atoms with Gasteiger partial charge in [-0.1, -0.05) is 105 Å². The van der Waals surface area contributed by atoms with Crippen molar-refractivity contribution in [2.45, 2.75) is 10.7 Å². The fraction of sp³-hybridized carbons (Fsp3) is 0.0909. The van der Waals surface area contributed by atoms with Crippen LogP contribution in [0.15, 0.2) is 72.8 Å². The summed E-state index contributed by atoms with van der Waals surface area (Å²) in [6.45, 7) is 0. The van der Waals surface area contributed by atoms with Gasteiger partial charge in [-0.15, -0.1) is 0 Å². The van der Waals surface area contributed by atoms with Crippen molar-refractivity contribution in [3.8, 4) is 11.1 Å². The molecule has 0 nitrogen and oxygen atoms in total. The van der Waals surface area contributed by atoms with Crippen molar-refractivity contribution in [3.63, 3.8) is 0 Å². The molecule has 0 saturated carbocycles. The van der Waals surface area contributed by atoms with Crippen LogP contribution >= 0.6 is 31.9 Å². The topological polar surface area (TPSA) is 0 Å². The van der Waals surface area contributed by atoms with Crippen LogP contribution in [0.1, 0.15) is 11.1 Å². The van der Waals surface area contributed by atoms with Crippen LogP contribution in [0, 0.1) is 0 Å². The predicted octanol–water partition coefficient (Wildman–Crippen LogP) is 7.45. The average Bonchev–Trinajstić information content (AvgIpc) is 2.66. The van der Waals surface area contributed by atoms with Gasteiger partial charge in [0.05, 0.1) is 0 Å². The van der Waals surface area contributed by atoms with Crippen molar-refractivity contribution in [3.05, 3.63) is 83.9 Å². The largest absolute Gasteiger partial charge is 0.0876 e. The number of hydrogen-bond acceptors (Lipinski definition) is 0. The fourth-order valence-electron chi connectivity index (χ4n) is 3.43. The summed E-state index contributed by atoms with van der Waals surface area (Å²) in [5.41, 5.74) is 5.26. The highest BCUT2D eigenvalue weighted by Crippen LogP contribution is 2.37. The second-order valence-corrected chi connectivity index (χ2v) is 7.02. The van der Waals surface area contributed by atoms with Gasteiger partial charge in [-0.2, -0.15) is 0 Å². The highest BCUT2D eigenvalue weighted by atomic mass is 79.9. The number of benzene rings is 4. The average molecular weight is 440 g/mol. The lowest BCUT2D eigenvalue weighted by Gasteiger charge is -2.14. The Kier molecular flexibility index (Phi) is 4.43. The number of fused-ring (bicyclic) bond motifs is 2. The van der Waals surface area contributed by atoms with Gasteiger partial charge in [-0.25, -0.2) is 0 Å². The first-order chi connectivity index (χ1) is 11.8. The van der Waals surface area contributed by atoms with E-state index in [1.54, 1.807) is 0 Å². The minimum Gasteiger partial charge on any atom is -0.0876 e. The Labute approximate surface area is 158 Å². The molecule has 0 bridgehead atoms. The Hall–Kier alpha value is -1.64. The maximum absolute atomic E-state index is 3.61. The van der Waals surface area contributed by atoms with Crippen LogP contribution < -0.4 is 0 Å². The third-order valence-electron chi connectivity index (χ3n) is 4.61. The van der Waals surface area contributed by atoms with Crippen LogP contribution in [0.2, 0.25) is 0 Å². The van der Waals surface area contributed by atoms with Crippen LogP contribution in [0.5, 0.6) is 0 Å². The molecule has 0 aliphatic carbocycles. The van der Waals surface area contributed by atoms with E-state index in [4.69, 9.17) is 0 Å². The standard InChI is InChI=1S/C22H16Br2/c23-13-15-9-11-21(19-7-3-1-5-17(15)19)22-12-10-16(14-24)18-6-2-4-8-20(18)22/h1-12H,13-14H2. The highest BCUT2D eigenvalue weighted by molar-refractivity contribution is 9.08. The molecule has 0 heterocycles. The van der Waals surface area contributed by atoms with Gasteiger partial charge in [0.2, 0.25) is 0 Å². The first-order valence-electron chi connectivity index (χ1n) is 7.97. The van der Waals surface area contributed by atoms with Crippen LogP contribution in [0.4, 0.5) is 0 Å². The molecule has 2 heteroatoms. The summed E-state index contributed by atoms with van der Waals surface area (Å²) in [6.07, 6.45) is 0. The van der Waals surface area contributed by atoms with Crippen molar-refractivity contribution in [2.24, 2.45) is 0 Å². The second kappa shape index (κ2) is 6.70. The zero-order valence-electron chi connectivity index (χ0n) is 13.1. The van der Waals surface area contributed by atoms with Crippen LogP contribution in [0.3, 0.4) is 0 Å². The molecule has 0 N–H and O–H groups in total. The lowest BCUT2D eigenvalue weighted by Crippen LogP contribution is -1.90. The van der Waals surface area contributed by atoms with Gasteiger partial charge in [-0.05, 0) is 43.8 Å². The molecule has 0 spiro atoms. The van der Waals surface area contributed by atoms with Gasteiger partial charge in [0.1, 0.15) is 0 Å². The highest BCUT2D eigenvalue weighted by Gasteiger charge is 2.11. The van der Waals surface area contributed by atoms with Gasteiger partial charge < -0.3 is 0 Å². The molecule has 0 atom stereocenters. The summed E-state index contributed by atoms with van der Waals surface area (Å²) in [7, 11) is 0. The molecule has 0 aromatic heterocycles. The molecule has 0 aliphatic rings. The molecule has 24 heavy (non-hydrogen) atoms. The number of alkyl halides is 2. The summed E-state index contributed by atoms with van der Waals surface area (Å²) in [4.78, 5) is 0. The Morgan fingerprint density at radius 1 is 0.458 bits per heavy atom. The Morgan fingerprint density at radius 3 is 1.21 bits per heavy atom. The smallest absolute Gasteiger partial charge is 0.0289 e. The van der Waals surface area contributed by atoms with Gasteiger partial charge >= 0.3 is 0 Å². The Morgan fingerprint density at radius 2 is 0.833 bits per heavy atom. The molecule has 4 aromatic rings. The zero-order valence-corrected chi connectivity index (χ0v) is 16.3. The monoisotopic (exact) mass is 438 g/mol. The number of hydrogen-bond donors (Lipinski definition) is 0. The number of rotatable bonds is 3. The first kappa shape index (κ1) is 15.9. The van der Waals surface area contributed by atoms with Gasteiger partial charge in [0.15, 0.2) is 0 Å². The Bertz CT molecular complexity index is 949. The summed E-state index contributed by atoms with van der Waals surface area (Å²) >= 11 is 7.23. The third kappa shape index (κ3) is 2.58. The van der Waals surface area contributed by atoms with Crippen LogP contribution in [-0.2, 0) is 10.7 Å². The molecule has 4 rings (SSSR count). The quantitative estimate of drug-likeness (QED) is 0.291. The fourth-order valence-corrected chi connectivity index (χ4v) is 4.40. The molecule has 0 amide bonds. The lowest BCUT2D eigenvalue weighted by atomic mass is 9.91. The molecule has 4 aromatic carbocycles. The summed E-state index contributed by atoms with van der Waals surface area (Å²) < 4.78 is 0. The normalized spacial score (nSPS) is 11.2. The molecule has 0 fully saturated rings. The van der Waals surface area contributed by atoms with Crippen molar-refractivity contribution < 1.29 is 0 Å². The molecular weight excluding hydrogens is 424 g/mol. The van der Waals surface area contributed by atoms with Crippen LogP contribution in [0.25, 0.3) is 32.7 Å². The molecular formula is C22H16Br2. The minimum atomic E-state index is 0.872. The molecule has 0 aliphatic heterocycles. The van der Waals surface area contributed by atoms with Gasteiger partial charge in [-0.3, -0.25) is 0 Å². The van der Waals surface area contributed by atoms with E-state index in [1.165, 1.54) is 43.8 Å². The third-order valence-corrected chi connectivity index (χ3v) is 5.82. The maximum atomic E-state index is 3.61. The molecule has 118 valence electrons. The van der Waals surface area contributed by atoms with Crippen molar-refractivity contribution in [1.29, 1.82) is 0 Å². The van der Waals surface area contributed by atoms with Crippen molar-refractivity contribution >= 4 is 53.4 Å². The minimum absolute atomic E-state index is 0.872. The van der Waals surface area contributed by atoms with E-state index >= 15 is 0 Å². The Balaban J connectivity index is 2.08. The van der Waals surface area contributed by atoms with E-state index in [-0.39, 0.29) is 0 Å². The van der Waals surface area contributed by atoms with Gasteiger partial charge in [0, 0.05) is 10.7 Å². The van der Waals surface area contributed by atoms with E-state index in [2.05, 4.69) is 105 Å². The maximum Gasteiger partial charge on any atom is 0.0289 e. The van der Waals surface area contributed by atoms with Crippen LogP contribution in [-0.4, -0.2) is 0 Å². The summed E-state index contributed by atoms with van der Waals surface area (Å²) in [5.74, 6) is 0. The molecule has 0 radical (unpaired) electrons. The first-order valence-corrected chi connectivity index (χ1v) is 10.2.